The smallest absolute Gasteiger partial charge is 0.315 e. The molecule has 0 saturated carbocycles. The van der Waals surface area contributed by atoms with Gasteiger partial charge < -0.3 is 26.9 Å². The molecule has 27 heavy (non-hydrogen) atoms. The van der Waals surface area contributed by atoms with Crippen molar-refractivity contribution < 1.29 is 26.9 Å². The molecule has 0 aromatic rings. The quantitative estimate of drug-likeness (QED) is 0.293. The molecule has 0 aromatic heterocycles. The minimum atomic E-state index is -2.34. The van der Waals surface area contributed by atoms with E-state index in [1.165, 1.54) is 0 Å². The summed E-state index contributed by atoms with van der Waals surface area (Å²) < 4.78 is 30.7. The van der Waals surface area contributed by atoms with Gasteiger partial charge in [-0.3, -0.25) is 0 Å². The topological polar surface area (TPSA) is 66.4 Å². The molecule has 0 amide bonds. The molecule has 0 aliphatic heterocycles. The molecule has 0 radical (unpaired) electrons. The van der Waals surface area contributed by atoms with Crippen LogP contribution < -0.4 is 0 Å². The normalized spacial score (nSPS) is 17.0. The van der Waals surface area contributed by atoms with Gasteiger partial charge in [0.25, 0.3) is 0 Å². The molecule has 0 aromatic carbocycles. The molecule has 0 fully saturated rings. The zero-order valence-electron chi connectivity index (χ0n) is 19.3. The second-order valence-electron chi connectivity index (χ2n) is 9.65. The highest BCUT2D eigenvalue weighted by atomic mass is 28.5. The van der Waals surface area contributed by atoms with Crippen LogP contribution in [0.2, 0.25) is 65.0 Å². The van der Waals surface area contributed by atoms with Gasteiger partial charge in [0, 0.05) is 6.61 Å². The van der Waals surface area contributed by atoms with Crippen LogP contribution in [-0.2, 0) is 21.8 Å². The van der Waals surface area contributed by atoms with Crippen molar-refractivity contribution in [2.75, 3.05) is 26.4 Å². The molecule has 0 spiro atoms. The third-order valence-electron chi connectivity index (χ3n) is 3.30. The van der Waals surface area contributed by atoms with E-state index in [1.807, 2.05) is 6.92 Å². The molecule has 1 N–H and O–H groups in total. The van der Waals surface area contributed by atoms with Gasteiger partial charge in [0.05, 0.1) is 25.9 Å². The van der Waals surface area contributed by atoms with Crippen LogP contribution in [0.3, 0.4) is 0 Å². The van der Waals surface area contributed by atoms with Crippen LogP contribution in [0.1, 0.15) is 13.3 Å². The Labute approximate surface area is 171 Å². The molecule has 0 heterocycles. The molecule has 2 unspecified atom stereocenters. The summed E-state index contributed by atoms with van der Waals surface area (Å²) in [5.41, 5.74) is 0. The summed E-state index contributed by atoms with van der Waals surface area (Å²) in [6.07, 6.45) is 0.893. The summed E-state index contributed by atoms with van der Waals surface area (Å²) in [5.74, 6) is 0. The van der Waals surface area contributed by atoms with Crippen molar-refractivity contribution in [3.05, 3.63) is 0 Å². The Morgan fingerprint density at radius 3 is 1.81 bits per heavy atom. The summed E-state index contributed by atoms with van der Waals surface area (Å²) >= 11 is 0. The third kappa shape index (κ3) is 16.1. The number of rotatable bonds is 15. The van der Waals surface area contributed by atoms with E-state index < -0.39 is 33.8 Å². The van der Waals surface area contributed by atoms with Crippen molar-refractivity contribution in [2.24, 2.45) is 0 Å². The van der Waals surface area contributed by atoms with Crippen molar-refractivity contribution >= 4 is 33.8 Å². The van der Waals surface area contributed by atoms with Gasteiger partial charge in [-0.1, -0.05) is 0 Å². The second-order valence-corrected chi connectivity index (χ2v) is 26.1. The molecule has 0 saturated heterocycles. The fraction of sp³-hybridized carbons (Fsp3) is 1.00. The molecular weight excluding hydrogens is 413 g/mol. The summed E-state index contributed by atoms with van der Waals surface area (Å²) in [7, 11) is -7.96. The first-order valence-electron chi connectivity index (χ1n) is 9.98. The van der Waals surface area contributed by atoms with E-state index >= 15 is 0 Å². The lowest BCUT2D eigenvalue weighted by atomic mass is 10.4. The van der Waals surface area contributed by atoms with Crippen molar-refractivity contribution in [3.8, 4) is 0 Å². The highest BCUT2D eigenvalue weighted by Crippen LogP contribution is 2.27. The summed E-state index contributed by atoms with van der Waals surface area (Å²) in [4.78, 5) is 0. The maximum atomic E-state index is 8.78. The fourth-order valence-corrected chi connectivity index (χ4v) is 21.0. The van der Waals surface area contributed by atoms with Crippen LogP contribution in [0, 0.1) is 0 Å². The van der Waals surface area contributed by atoms with Crippen LogP contribution in [0.4, 0.5) is 0 Å². The highest BCUT2D eigenvalue weighted by molar-refractivity contribution is 6.89. The second kappa shape index (κ2) is 11.7. The van der Waals surface area contributed by atoms with E-state index in [2.05, 4.69) is 58.9 Å². The summed E-state index contributed by atoms with van der Waals surface area (Å²) in [6, 6.07) is 0.897. The van der Waals surface area contributed by atoms with Gasteiger partial charge in [-0.05, 0) is 78.3 Å². The maximum absolute atomic E-state index is 8.78. The lowest BCUT2D eigenvalue weighted by Gasteiger charge is -2.41. The minimum absolute atomic E-state index is 0.00764. The Hall–Kier alpha value is 0.628. The van der Waals surface area contributed by atoms with Gasteiger partial charge in [-0.15, -0.1) is 0 Å². The number of aliphatic hydroxyl groups excluding tert-OH is 1. The average molecular weight is 457 g/mol. The molecule has 0 aliphatic rings. The molecule has 2 atom stereocenters. The Balaban J connectivity index is 4.67. The average Bonchev–Trinajstić information content (AvgIpc) is 2.38. The zero-order chi connectivity index (χ0) is 21.4. The standard InChI is InChI=1S/C17H44O6Si4/c1-17(20-14-12-18)16-19-13-11-15-27(10,22-25(5,6)7)23-26(8,9)21-24(2,3)4/h17-18H,11-16H2,1-10H3. The van der Waals surface area contributed by atoms with Gasteiger partial charge in [-0.2, -0.15) is 0 Å². The lowest BCUT2D eigenvalue weighted by molar-refractivity contribution is -0.0182. The first-order valence-corrected chi connectivity index (χ1v) is 22.1. The van der Waals surface area contributed by atoms with E-state index in [4.69, 9.17) is 26.9 Å². The molecule has 0 rings (SSSR count). The number of ether oxygens (including phenoxy) is 2. The van der Waals surface area contributed by atoms with Gasteiger partial charge >= 0.3 is 17.1 Å². The fourth-order valence-electron chi connectivity index (χ4n) is 3.10. The molecule has 6 nitrogen and oxygen atoms in total. The zero-order valence-corrected chi connectivity index (χ0v) is 23.3. The Bertz CT molecular complexity index is 411. The van der Waals surface area contributed by atoms with E-state index in [9.17, 15) is 0 Å². The number of hydrogen-bond donors (Lipinski definition) is 1. The van der Waals surface area contributed by atoms with Crippen LogP contribution in [0.25, 0.3) is 0 Å². The SMILES string of the molecule is CC(COCCC[Si](C)(O[Si](C)(C)C)O[Si](C)(C)O[Si](C)(C)C)OCCO. The summed E-state index contributed by atoms with van der Waals surface area (Å²) in [6.45, 7) is 23.3. The Morgan fingerprint density at radius 1 is 0.778 bits per heavy atom. The molecule has 10 heteroatoms. The van der Waals surface area contributed by atoms with Crippen molar-refractivity contribution in [3.63, 3.8) is 0 Å². The van der Waals surface area contributed by atoms with E-state index in [0.717, 1.165) is 12.5 Å². The van der Waals surface area contributed by atoms with Crippen LogP contribution in [-0.4, -0.2) is 71.4 Å². The lowest BCUT2D eigenvalue weighted by Crippen LogP contribution is -2.56. The predicted octanol–water partition coefficient (Wildman–Crippen LogP) is 4.28. The van der Waals surface area contributed by atoms with Crippen LogP contribution >= 0.6 is 0 Å². The largest absolute Gasteiger partial charge is 0.437 e. The molecule has 0 bridgehead atoms. The van der Waals surface area contributed by atoms with Gasteiger partial charge in [0.2, 0.25) is 0 Å². The number of hydrogen-bond acceptors (Lipinski definition) is 6. The maximum Gasteiger partial charge on any atom is 0.315 e. The van der Waals surface area contributed by atoms with Crippen molar-refractivity contribution in [1.82, 2.24) is 0 Å². The number of aliphatic hydroxyl groups is 1. The van der Waals surface area contributed by atoms with Crippen molar-refractivity contribution in [1.29, 1.82) is 0 Å². The van der Waals surface area contributed by atoms with Crippen LogP contribution in [0.5, 0.6) is 0 Å². The van der Waals surface area contributed by atoms with Crippen LogP contribution in [0.15, 0.2) is 0 Å². The first-order chi connectivity index (χ1) is 12.1. The summed E-state index contributed by atoms with van der Waals surface area (Å²) in [5, 5.41) is 8.78. The van der Waals surface area contributed by atoms with E-state index in [0.29, 0.717) is 19.8 Å². The first kappa shape index (κ1) is 27.6. The van der Waals surface area contributed by atoms with Gasteiger partial charge in [-0.25, -0.2) is 0 Å². The van der Waals surface area contributed by atoms with Gasteiger partial charge in [0.1, 0.15) is 0 Å². The van der Waals surface area contributed by atoms with Gasteiger partial charge in [0.15, 0.2) is 16.6 Å². The van der Waals surface area contributed by atoms with E-state index in [-0.39, 0.29) is 12.7 Å². The Morgan fingerprint density at radius 2 is 1.33 bits per heavy atom. The highest BCUT2D eigenvalue weighted by Gasteiger charge is 2.44. The molecule has 0 aliphatic carbocycles. The predicted molar refractivity (Wildman–Crippen MR) is 122 cm³/mol. The third-order valence-corrected chi connectivity index (χ3v) is 16.8. The monoisotopic (exact) mass is 456 g/mol. The minimum Gasteiger partial charge on any atom is -0.437 e. The molecule has 164 valence electrons. The van der Waals surface area contributed by atoms with Crippen molar-refractivity contribution in [2.45, 2.75) is 84.4 Å². The molecular formula is C17H44O6Si4. The van der Waals surface area contributed by atoms with E-state index in [1.54, 1.807) is 0 Å². The Kier molecular flexibility index (Phi) is 12.0.